The van der Waals surface area contributed by atoms with Crippen LogP contribution in [-0.4, -0.2) is 55.3 Å². The van der Waals surface area contributed by atoms with Crippen molar-refractivity contribution in [1.82, 2.24) is 9.88 Å². The Balaban J connectivity index is 1.79. The maximum absolute atomic E-state index is 12.6. The fourth-order valence-electron chi connectivity index (χ4n) is 2.50. The lowest BCUT2D eigenvalue weighted by Gasteiger charge is -2.27. The number of hydrogen-bond acceptors (Lipinski definition) is 4. The molecule has 1 atom stereocenters. The number of fused-ring (bicyclic) bond motifs is 1. The van der Waals surface area contributed by atoms with E-state index in [-0.39, 0.29) is 12.0 Å². The van der Waals surface area contributed by atoms with Gasteiger partial charge in [-0.2, -0.15) is 0 Å². The fraction of sp³-hybridized carbons (Fsp3) is 0.375. The van der Waals surface area contributed by atoms with Crippen LogP contribution in [0.3, 0.4) is 0 Å². The van der Waals surface area contributed by atoms with E-state index in [2.05, 4.69) is 4.98 Å². The Bertz CT molecular complexity index is 633. The number of carbonyl (C=O) groups excluding carboxylic acids is 1. The predicted octanol–water partition coefficient (Wildman–Crippen LogP) is 1.72. The van der Waals surface area contributed by atoms with Gasteiger partial charge in [-0.15, -0.1) is 0 Å². The molecule has 1 aliphatic rings. The highest BCUT2D eigenvalue weighted by Crippen LogP contribution is 2.17. The van der Waals surface area contributed by atoms with Gasteiger partial charge in [0.05, 0.1) is 25.9 Å². The molecule has 0 N–H and O–H groups in total. The van der Waals surface area contributed by atoms with Gasteiger partial charge in [0.2, 0.25) is 0 Å². The summed E-state index contributed by atoms with van der Waals surface area (Å²) in [5, 5.41) is 1.89. The van der Waals surface area contributed by atoms with E-state index in [1.807, 2.05) is 30.3 Å². The minimum absolute atomic E-state index is 0.0670. The van der Waals surface area contributed by atoms with E-state index in [1.54, 1.807) is 18.1 Å². The van der Waals surface area contributed by atoms with E-state index in [4.69, 9.17) is 9.47 Å². The van der Waals surface area contributed by atoms with Crippen molar-refractivity contribution in [3.8, 4) is 0 Å². The number of carbonyl (C=O) groups is 1. The van der Waals surface area contributed by atoms with Crippen LogP contribution in [0.25, 0.3) is 10.8 Å². The molecule has 2 aromatic rings. The zero-order valence-electron chi connectivity index (χ0n) is 12.0. The zero-order chi connectivity index (χ0) is 14.7. The second-order valence-electron chi connectivity index (χ2n) is 5.13. The number of rotatable bonds is 3. The molecule has 1 fully saturated rings. The summed E-state index contributed by atoms with van der Waals surface area (Å²) in [6.07, 6.45) is 1.60. The van der Waals surface area contributed by atoms with Gasteiger partial charge in [0.1, 0.15) is 5.69 Å². The summed E-state index contributed by atoms with van der Waals surface area (Å²) >= 11 is 0. The second-order valence-corrected chi connectivity index (χ2v) is 5.13. The summed E-state index contributed by atoms with van der Waals surface area (Å²) in [6, 6.07) is 9.67. The Morgan fingerprint density at radius 3 is 3.00 bits per heavy atom. The molecule has 0 aliphatic carbocycles. The van der Waals surface area contributed by atoms with Crippen LogP contribution in [0.2, 0.25) is 0 Å². The largest absolute Gasteiger partial charge is 0.376 e. The number of likely N-dealkylation sites (N-methyl/N-ethyl adjacent to an activating group) is 1. The van der Waals surface area contributed by atoms with Crippen molar-refractivity contribution in [3.05, 3.63) is 42.2 Å². The molecule has 1 aromatic carbocycles. The Morgan fingerprint density at radius 2 is 2.19 bits per heavy atom. The minimum atomic E-state index is -0.0963. The molecule has 0 unspecified atom stereocenters. The summed E-state index contributed by atoms with van der Waals surface area (Å²) in [5.74, 6) is -0.0963. The van der Waals surface area contributed by atoms with Crippen LogP contribution in [0, 0.1) is 0 Å². The number of amides is 1. The molecular formula is C16H18N2O3. The standard InChI is InChI=1S/C16H18N2O3/c1-18(10-13-11-20-8-9-21-13)16(19)15-14-5-3-2-4-12(14)6-7-17-15/h2-7,13H,8-11H2,1H3/t13-/m1/s1. The van der Waals surface area contributed by atoms with Crippen molar-refractivity contribution in [3.63, 3.8) is 0 Å². The minimum Gasteiger partial charge on any atom is -0.376 e. The molecule has 1 amide bonds. The highest BCUT2D eigenvalue weighted by molar-refractivity contribution is 6.05. The molecule has 3 rings (SSSR count). The summed E-state index contributed by atoms with van der Waals surface area (Å²) in [4.78, 5) is 18.5. The number of pyridine rings is 1. The predicted molar refractivity (Wildman–Crippen MR) is 79.3 cm³/mol. The topological polar surface area (TPSA) is 51.7 Å². The lowest BCUT2D eigenvalue weighted by atomic mass is 10.1. The molecule has 110 valence electrons. The normalized spacial score (nSPS) is 18.6. The molecule has 5 nitrogen and oxygen atoms in total. The lowest BCUT2D eigenvalue weighted by Crippen LogP contribution is -2.41. The number of hydrogen-bond donors (Lipinski definition) is 0. The second kappa shape index (κ2) is 6.20. The highest BCUT2D eigenvalue weighted by atomic mass is 16.6. The average Bonchev–Trinajstić information content (AvgIpc) is 2.54. The molecule has 0 spiro atoms. The number of aromatic nitrogens is 1. The first-order valence-corrected chi connectivity index (χ1v) is 7.04. The molecule has 5 heteroatoms. The van der Waals surface area contributed by atoms with Crippen LogP contribution < -0.4 is 0 Å². The van der Waals surface area contributed by atoms with E-state index in [0.29, 0.717) is 32.1 Å². The van der Waals surface area contributed by atoms with E-state index in [1.165, 1.54) is 0 Å². The molecular weight excluding hydrogens is 268 g/mol. The smallest absolute Gasteiger partial charge is 0.272 e. The van der Waals surface area contributed by atoms with Crippen molar-refractivity contribution in [2.45, 2.75) is 6.10 Å². The summed E-state index contributed by atoms with van der Waals surface area (Å²) in [7, 11) is 1.77. The molecule has 1 aliphatic heterocycles. The van der Waals surface area contributed by atoms with Gasteiger partial charge in [0, 0.05) is 25.2 Å². The van der Waals surface area contributed by atoms with Gasteiger partial charge in [-0.3, -0.25) is 9.78 Å². The van der Waals surface area contributed by atoms with Crippen molar-refractivity contribution in [2.24, 2.45) is 0 Å². The van der Waals surface area contributed by atoms with Crippen LogP contribution in [0.5, 0.6) is 0 Å². The van der Waals surface area contributed by atoms with Gasteiger partial charge in [-0.1, -0.05) is 24.3 Å². The van der Waals surface area contributed by atoms with Crippen molar-refractivity contribution in [2.75, 3.05) is 33.4 Å². The van der Waals surface area contributed by atoms with Crippen LogP contribution in [0.1, 0.15) is 10.5 Å². The molecule has 0 radical (unpaired) electrons. The average molecular weight is 286 g/mol. The third kappa shape index (κ3) is 3.04. The SMILES string of the molecule is CN(C[C@@H]1COCCO1)C(=O)c1nccc2ccccc12. The van der Waals surface area contributed by atoms with Crippen LogP contribution in [0.15, 0.2) is 36.5 Å². The molecule has 21 heavy (non-hydrogen) atoms. The number of benzene rings is 1. The Morgan fingerprint density at radius 1 is 1.33 bits per heavy atom. The van der Waals surface area contributed by atoms with Gasteiger partial charge >= 0.3 is 0 Å². The fourth-order valence-corrected chi connectivity index (χ4v) is 2.50. The Hall–Kier alpha value is -1.98. The number of nitrogens with zero attached hydrogens (tertiary/aromatic N) is 2. The van der Waals surface area contributed by atoms with Gasteiger partial charge in [0.25, 0.3) is 5.91 Å². The lowest BCUT2D eigenvalue weighted by molar-refractivity contribution is -0.0933. The quantitative estimate of drug-likeness (QED) is 0.862. The maximum atomic E-state index is 12.6. The first kappa shape index (κ1) is 14.0. The monoisotopic (exact) mass is 286 g/mol. The molecule has 1 aromatic heterocycles. The van der Waals surface area contributed by atoms with Crippen molar-refractivity contribution < 1.29 is 14.3 Å². The van der Waals surface area contributed by atoms with E-state index in [9.17, 15) is 4.79 Å². The van der Waals surface area contributed by atoms with Crippen LogP contribution in [0.4, 0.5) is 0 Å². The Labute approximate surface area is 123 Å². The summed E-state index contributed by atoms with van der Waals surface area (Å²) < 4.78 is 10.9. The zero-order valence-corrected chi connectivity index (χ0v) is 12.0. The van der Waals surface area contributed by atoms with E-state index >= 15 is 0 Å². The van der Waals surface area contributed by atoms with E-state index in [0.717, 1.165) is 10.8 Å². The molecule has 1 saturated heterocycles. The van der Waals surface area contributed by atoms with Gasteiger partial charge < -0.3 is 14.4 Å². The Kier molecular flexibility index (Phi) is 4.13. The van der Waals surface area contributed by atoms with Crippen LogP contribution >= 0.6 is 0 Å². The summed E-state index contributed by atoms with van der Waals surface area (Å²) in [6.45, 7) is 2.24. The van der Waals surface area contributed by atoms with Gasteiger partial charge in [0.15, 0.2) is 0 Å². The van der Waals surface area contributed by atoms with Crippen LogP contribution in [-0.2, 0) is 9.47 Å². The third-order valence-electron chi connectivity index (χ3n) is 3.59. The first-order valence-electron chi connectivity index (χ1n) is 7.04. The summed E-state index contributed by atoms with van der Waals surface area (Å²) in [5.41, 5.74) is 0.479. The molecule has 0 bridgehead atoms. The van der Waals surface area contributed by atoms with E-state index < -0.39 is 0 Å². The van der Waals surface area contributed by atoms with Gasteiger partial charge in [-0.05, 0) is 11.5 Å². The molecule has 0 saturated carbocycles. The first-order chi connectivity index (χ1) is 10.3. The highest BCUT2D eigenvalue weighted by Gasteiger charge is 2.22. The maximum Gasteiger partial charge on any atom is 0.272 e. The molecule has 2 heterocycles. The number of ether oxygens (including phenoxy) is 2. The van der Waals surface area contributed by atoms with Gasteiger partial charge in [-0.25, -0.2) is 0 Å². The van der Waals surface area contributed by atoms with Crippen molar-refractivity contribution in [1.29, 1.82) is 0 Å². The third-order valence-corrected chi connectivity index (χ3v) is 3.59. The van der Waals surface area contributed by atoms with Crippen molar-refractivity contribution >= 4 is 16.7 Å².